The summed E-state index contributed by atoms with van der Waals surface area (Å²) in [5.74, 6) is -5.31. The van der Waals surface area contributed by atoms with Gasteiger partial charge in [-0.05, 0) is 24.3 Å². The van der Waals surface area contributed by atoms with Gasteiger partial charge in [-0.3, -0.25) is 19.7 Å². The molecular formula is C23H18ClF3N6O. The Kier molecular flexibility index (Phi) is 6.87. The Hall–Kier alpha value is -3.79. The van der Waals surface area contributed by atoms with Crippen LogP contribution in [0.3, 0.4) is 0 Å². The Morgan fingerprint density at radius 1 is 1.03 bits per heavy atom. The second kappa shape index (κ2) is 10.0. The van der Waals surface area contributed by atoms with Crippen molar-refractivity contribution >= 4 is 34.2 Å². The number of nitrogens with zero attached hydrogens (tertiary/aromatic N) is 4. The van der Waals surface area contributed by atoms with E-state index in [1.807, 2.05) is 6.07 Å². The van der Waals surface area contributed by atoms with E-state index in [1.54, 1.807) is 24.7 Å². The van der Waals surface area contributed by atoms with Crippen LogP contribution >= 0.6 is 11.6 Å². The average Bonchev–Trinajstić information content (AvgIpc) is 2.85. The van der Waals surface area contributed by atoms with Crippen LogP contribution in [0.5, 0.6) is 0 Å². The lowest BCUT2D eigenvalue weighted by Gasteiger charge is -2.18. The number of hydrogen-bond acceptors (Lipinski definition) is 6. The Balaban J connectivity index is 1.43. The first-order chi connectivity index (χ1) is 16.3. The predicted molar refractivity (Wildman–Crippen MR) is 121 cm³/mol. The first kappa shape index (κ1) is 23.4. The third-order valence-electron chi connectivity index (χ3n) is 4.99. The number of nitrogens with one attached hydrogen (secondary N) is 2. The number of aromatic nitrogens is 4. The maximum atomic E-state index is 15.0. The van der Waals surface area contributed by atoms with Crippen molar-refractivity contribution in [3.8, 4) is 0 Å². The number of fused-ring (bicyclic) bond motifs is 1. The van der Waals surface area contributed by atoms with Gasteiger partial charge in [0.2, 0.25) is 5.91 Å². The van der Waals surface area contributed by atoms with Crippen LogP contribution in [0.1, 0.15) is 16.8 Å². The van der Waals surface area contributed by atoms with Gasteiger partial charge in [0, 0.05) is 54.0 Å². The maximum absolute atomic E-state index is 15.0. The van der Waals surface area contributed by atoms with E-state index < -0.39 is 42.1 Å². The van der Waals surface area contributed by atoms with Crippen LogP contribution < -0.4 is 10.6 Å². The molecule has 0 spiro atoms. The fourth-order valence-electron chi connectivity index (χ4n) is 3.26. The quantitative estimate of drug-likeness (QED) is 0.386. The van der Waals surface area contributed by atoms with Gasteiger partial charge in [0.15, 0.2) is 11.6 Å². The molecule has 0 aliphatic heterocycles. The van der Waals surface area contributed by atoms with Crippen molar-refractivity contribution in [2.24, 2.45) is 0 Å². The standard InChI is InChI=1S/C23H18ClF3N6O/c24-17-12-32-22(33-13-23(26,27)18-5-1-2-6-29-18)20(25)16(17)8-19(34)31-11-15-10-28-9-14-4-3-7-30-21(14)15/h1-7,9-10,12H,8,11,13H2,(H,31,34)(H,32,33). The Morgan fingerprint density at radius 3 is 2.65 bits per heavy atom. The monoisotopic (exact) mass is 486 g/mol. The highest BCUT2D eigenvalue weighted by Crippen LogP contribution is 2.28. The maximum Gasteiger partial charge on any atom is 0.306 e. The van der Waals surface area contributed by atoms with Crippen LogP contribution in [0.2, 0.25) is 5.02 Å². The number of hydrogen-bond donors (Lipinski definition) is 2. The highest BCUT2D eigenvalue weighted by atomic mass is 35.5. The van der Waals surface area contributed by atoms with Gasteiger partial charge in [0.05, 0.1) is 23.5 Å². The fourth-order valence-corrected chi connectivity index (χ4v) is 3.46. The van der Waals surface area contributed by atoms with E-state index >= 15 is 0 Å². The van der Waals surface area contributed by atoms with Crippen molar-refractivity contribution in [2.45, 2.75) is 18.9 Å². The van der Waals surface area contributed by atoms with Crippen LogP contribution in [0.4, 0.5) is 19.0 Å². The van der Waals surface area contributed by atoms with Gasteiger partial charge >= 0.3 is 5.92 Å². The molecule has 0 atom stereocenters. The molecule has 0 saturated heterocycles. The summed E-state index contributed by atoms with van der Waals surface area (Å²) < 4.78 is 43.7. The van der Waals surface area contributed by atoms with Crippen LogP contribution in [0.15, 0.2) is 61.3 Å². The molecule has 2 N–H and O–H groups in total. The van der Waals surface area contributed by atoms with Crippen molar-refractivity contribution in [1.29, 1.82) is 0 Å². The third-order valence-corrected chi connectivity index (χ3v) is 5.31. The number of amides is 1. The molecule has 0 unspecified atom stereocenters. The van der Waals surface area contributed by atoms with Crippen molar-refractivity contribution < 1.29 is 18.0 Å². The molecule has 0 saturated carbocycles. The van der Waals surface area contributed by atoms with Crippen LogP contribution in [-0.2, 0) is 23.7 Å². The van der Waals surface area contributed by atoms with E-state index in [-0.39, 0.29) is 17.1 Å². The topological polar surface area (TPSA) is 92.7 Å². The van der Waals surface area contributed by atoms with Gasteiger partial charge in [-0.15, -0.1) is 0 Å². The van der Waals surface area contributed by atoms with Crippen molar-refractivity contribution in [3.05, 3.63) is 89.0 Å². The van der Waals surface area contributed by atoms with Crippen LogP contribution in [0, 0.1) is 5.82 Å². The molecule has 34 heavy (non-hydrogen) atoms. The van der Waals surface area contributed by atoms with Gasteiger partial charge in [-0.25, -0.2) is 9.37 Å². The van der Waals surface area contributed by atoms with E-state index in [9.17, 15) is 18.0 Å². The molecule has 7 nitrogen and oxygen atoms in total. The zero-order valence-electron chi connectivity index (χ0n) is 17.6. The fraction of sp³-hybridized carbons (Fsp3) is 0.174. The molecule has 0 aliphatic rings. The highest BCUT2D eigenvalue weighted by Gasteiger charge is 2.33. The SMILES string of the molecule is O=C(Cc1c(Cl)cnc(NCC(F)(F)c2ccccn2)c1F)NCc1cncc2cccnc12. The Bertz CT molecular complexity index is 1320. The summed E-state index contributed by atoms with van der Waals surface area (Å²) in [5, 5.41) is 5.69. The van der Waals surface area contributed by atoms with E-state index in [0.717, 1.165) is 11.6 Å². The number of rotatable bonds is 8. The number of anilines is 1. The zero-order chi connectivity index (χ0) is 24.1. The van der Waals surface area contributed by atoms with E-state index in [0.29, 0.717) is 11.1 Å². The van der Waals surface area contributed by atoms with E-state index in [4.69, 9.17) is 11.6 Å². The number of alkyl halides is 2. The van der Waals surface area contributed by atoms with Gasteiger partial charge in [0.1, 0.15) is 5.69 Å². The molecule has 4 heterocycles. The van der Waals surface area contributed by atoms with Crippen LogP contribution in [-0.4, -0.2) is 32.4 Å². The largest absolute Gasteiger partial charge is 0.361 e. The molecule has 0 aromatic carbocycles. The molecule has 0 radical (unpaired) electrons. The highest BCUT2D eigenvalue weighted by molar-refractivity contribution is 6.31. The lowest BCUT2D eigenvalue weighted by atomic mass is 10.1. The minimum absolute atomic E-state index is 0.0943. The number of halogens is 4. The number of carbonyl (C=O) groups excluding carboxylic acids is 1. The molecule has 4 rings (SSSR count). The summed E-state index contributed by atoms with van der Waals surface area (Å²) in [6.07, 6.45) is 6.80. The van der Waals surface area contributed by atoms with E-state index in [1.165, 1.54) is 24.4 Å². The molecule has 174 valence electrons. The molecule has 0 bridgehead atoms. The molecule has 1 amide bonds. The molecule has 0 aliphatic carbocycles. The zero-order valence-corrected chi connectivity index (χ0v) is 18.4. The minimum Gasteiger partial charge on any atom is -0.361 e. The summed E-state index contributed by atoms with van der Waals surface area (Å²) >= 11 is 6.04. The summed E-state index contributed by atoms with van der Waals surface area (Å²) in [6.45, 7) is -0.825. The van der Waals surface area contributed by atoms with Crippen LogP contribution in [0.25, 0.3) is 10.9 Å². The molecule has 11 heteroatoms. The summed E-state index contributed by atoms with van der Waals surface area (Å²) in [5.41, 5.74) is 0.749. The normalized spacial score (nSPS) is 11.4. The minimum atomic E-state index is -3.37. The first-order valence-electron chi connectivity index (χ1n) is 10.2. The second-order valence-corrected chi connectivity index (χ2v) is 7.75. The second-order valence-electron chi connectivity index (χ2n) is 7.35. The van der Waals surface area contributed by atoms with Gasteiger partial charge < -0.3 is 10.6 Å². The molecule has 4 aromatic heterocycles. The Labute approximate surface area is 197 Å². The Morgan fingerprint density at radius 2 is 1.85 bits per heavy atom. The van der Waals surface area contributed by atoms with Crippen molar-refractivity contribution in [1.82, 2.24) is 25.3 Å². The smallest absolute Gasteiger partial charge is 0.306 e. The first-order valence-corrected chi connectivity index (χ1v) is 10.5. The molecule has 0 fully saturated rings. The van der Waals surface area contributed by atoms with Gasteiger partial charge in [-0.1, -0.05) is 17.7 Å². The number of carbonyl (C=O) groups is 1. The summed E-state index contributed by atoms with van der Waals surface area (Å²) in [6, 6.07) is 7.73. The van der Waals surface area contributed by atoms with Crippen molar-refractivity contribution in [3.63, 3.8) is 0 Å². The lowest BCUT2D eigenvalue weighted by molar-refractivity contribution is -0.120. The van der Waals surface area contributed by atoms with E-state index in [2.05, 4.69) is 30.6 Å². The van der Waals surface area contributed by atoms with Gasteiger partial charge in [0.25, 0.3) is 0 Å². The third kappa shape index (κ3) is 5.23. The summed E-state index contributed by atoms with van der Waals surface area (Å²) in [7, 11) is 0. The molecule has 4 aromatic rings. The van der Waals surface area contributed by atoms with Gasteiger partial charge in [-0.2, -0.15) is 8.78 Å². The average molecular weight is 487 g/mol. The van der Waals surface area contributed by atoms with Crippen molar-refractivity contribution in [2.75, 3.05) is 11.9 Å². The summed E-state index contributed by atoms with van der Waals surface area (Å²) in [4.78, 5) is 28.3. The molecular weight excluding hydrogens is 469 g/mol. The lowest BCUT2D eigenvalue weighted by Crippen LogP contribution is -2.27. The predicted octanol–water partition coefficient (Wildman–Crippen LogP) is 4.28. The number of pyridine rings is 4.